The molecule has 1 heterocycles. The average molecular weight is 263 g/mol. The lowest BCUT2D eigenvalue weighted by molar-refractivity contribution is 0.599. The Labute approximate surface area is 115 Å². The van der Waals surface area contributed by atoms with Crippen molar-refractivity contribution in [1.29, 1.82) is 0 Å². The largest absolute Gasteiger partial charge is 0.357 e. The summed E-state index contributed by atoms with van der Waals surface area (Å²) in [6.07, 6.45) is 9.14. The fraction of sp³-hybridized carbons (Fsp3) is 0.714. The number of nitrogens with one attached hydrogen (secondary N) is 2. The van der Waals surface area contributed by atoms with Gasteiger partial charge in [-0.05, 0) is 32.3 Å². The van der Waals surface area contributed by atoms with E-state index in [2.05, 4.69) is 34.6 Å². The van der Waals surface area contributed by atoms with Crippen molar-refractivity contribution in [2.24, 2.45) is 4.99 Å². The van der Waals surface area contributed by atoms with Gasteiger partial charge in [-0.1, -0.05) is 12.8 Å². The summed E-state index contributed by atoms with van der Waals surface area (Å²) >= 11 is 0. The number of hydrogen-bond acceptors (Lipinski definition) is 2. The first kappa shape index (κ1) is 13.9. The van der Waals surface area contributed by atoms with Crippen LogP contribution >= 0.6 is 0 Å². The van der Waals surface area contributed by atoms with Gasteiger partial charge in [0.05, 0.1) is 19.3 Å². The topological polar surface area (TPSA) is 54.2 Å². The molecule has 5 nitrogen and oxygen atoms in total. The monoisotopic (exact) mass is 263 g/mol. The van der Waals surface area contributed by atoms with Crippen LogP contribution in [-0.2, 0) is 6.54 Å². The van der Waals surface area contributed by atoms with Crippen LogP contribution in [0.5, 0.6) is 0 Å². The van der Waals surface area contributed by atoms with E-state index in [1.807, 2.05) is 17.1 Å². The zero-order valence-electron chi connectivity index (χ0n) is 12.0. The van der Waals surface area contributed by atoms with Gasteiger partial charge >= 0.3 is 0 Å². The van der Waals surface area contributed by atoms with Gasteiger partial charge in [-0.25, -0.2) is 0 Å². The van der Waals surface area contributed by atoms with Crippen molar-refractivity contribution in [3.63, 3.8) is 0 Å². The van der Waals surface area contributed by atoms with Crippen molar-refractivity contribution < 1.29 is 0 Å². The van der Waals surface area contributed by atoms with Gasteiger partial charge in [-0.3, -0.25) is 9.67 Å². The van der Waals surface area contributed by atoms with E-state index >= 15 is 0 Å². The van der Waals surface area contributed by atoms with Gasteiger partial charge in [0.15, 0.2) is 5.96 Å². The lowest BCUT2D eigenvalue weighted by atomic mass is 10.2. The number of aryl methyl sites for hydroxylation is 1. The molecule has 5 heteroatoms. The Morgan fingerprint density at radius 3 is 2.89 bits per heavy atom. The normalized spacial score (nSPS) is 16.8. The highest BCUT2D eigenvalue weighted by Crippen LogP contribution is 2.17. The van der Waals surface area contributed by atoms with Crippen molar-refractivity contribution in [3.8, 4) is 0 Å². The lowest BCUT2D eigenvalue weighted by Crippen LogP contribution is -2.42. The van der Waals surface area contributed by atoms with Crippen LogP contribution in [-0.4, -0.2) is 34.9 Å². The minimum absolute atomic E-state index is 0.602. The molecule has 0 unspecified atom stereocenters. The van der Waals surface area contributed by atoms with E-state index in [1.54, 1.807) is 0 Å². The van der Waals surface area contributed by atoms with Crippen LogP contribution in [0.1, 0.15) is 38.2 Å². The molecule has 2 N–H and O–H groups in total. The average Bonchev–Trinajstić information content (AvgIpc) is 3.01. The quantitative estimate of drug-likeness (QED) is 0.628. The summed E-state index contributed by atoms with van der Waals surface area (Å²) in [5.74, 6) is 0.943. The minimum Gasteiger partial charge on any atom is -0.357 e. The first-order chi connectivity index (χ1) is 9.28. The second kappa shape index (κ2) is 7.16. The summed E-state index contributed by atoms with van der Waals surface area (Å²) in [5, 5.41) is 11.1. The molecule has 1 aliphatic rings. The molecule has 106 valence electrons. The molecular weight excluding hydrogens is 238 g/mol. The Morgan fingerprint density at radius 1 is 1.47 bits per heavy atom. The Hall–Kier alpha value is -1.52. The predicted octanol–water partition coefficient (Wildman–Crippen LogP) is 1.69. The zero-order valence-corrected chi connectivity index (χ0v) is 12.0. The molecule has 19 heavy (non-hydrogen) atoms. The Bertz CT molecular complexity index is 404. The minimum atomic E-state index is 0.602. The molecule has 1 aliphatic carbocycles. The van der Waals surface area contributed by atoms with Gasteiger partial charge in [0.1, 0.15) is 0 Å². The lowest BCUT2D eigenvalue weighted by Gasteiger charge is -2.16. The van der Waals surface area contributed by atoms with E-state index in [4.69, 9.17) is 0 Å². The van der Waals surface area contributed by atoms with Crippen LogP contribution in [0.25, 0.3) is 0 Å². The molecule has 1 aromatic rings. The molecule has 1 saturated carbocycles. The summed E-state index contributed by atoms with van der Waals surface area (Å²) in [6, 6.07) is 0.602. The molecule has 0 spiro atoms. The van der Waals surface area contributed by atoms with Crippen molar-refractivity contribution in [2.45, 2.75) is 52.1 Å². The van der Waals surface area contributed by atoms with E-state index in [1.165, 1.54) is 31.2 Å². The van der Waals surface area contributed by atoms with Gasteiger partial charge in [0.2, 0.25) is 0 Å². The fourth-order valence-corrected chi connectivity index (χ4v) is 2.44. The van der Waals surface area contributed by atoms with E-state index in [9.17, 15) is 0 Å². The maximum Gasteiger partial charge on any atom is 0.191 e. The third kappa shape index (κ3) is 4.58. The number of guanidine groups is 1. The van der Waals surface area contributed by atoms with Crippen LogP contribution in [0, 0.1) is 6.92 Å². The number of hydrogen-bond donors (Lipinski definition) is 2. The van der Waals surface area contributed by atoms with E-state index in [0.717, 1.165) is 25.6 Å². The predicted molar refractivity (Wildman–Crippen MR) is 78.3 cm³/mol. The molecule has 0 saturated heterocycles. The van der Waals surface area contributed by atoms with Crippen molar-refractivity contribution in [2.75, 3.05) is 13.1 Å². The maximum atomic E-state index is 4.62. The molecule has 1 fully saturated rings. The van der Waals surface area contributed by atoms with Crippen LogP contribution in [0.4, 0.5) is 0 Å². The van der Waals surface area contributed by atoms with Gasteiger partial charge in [0.25, 0.3) is 0 Å². The van der Waals surface area contributed by atoms with Gasteiger partial charge < -0.3 is 10.6 Å². The van der Waals surface area contributed by atoms with Crippen molar-refractivity contribution in [1.82, 2.24) is 20.4 Å². The van der Waals surface area contributed by atoms with E-state index < -0.39 is 0 Å². The van der Waals surface area contributed by atoms with Crippen LogP contribution in [0.15, 0.2) is 17.4 Å². The molecule has 0 bridgehead atoms. The van der Waals surface area contributed by atoms with Gasteiger partial charge in [0, 0.05) is 18.8 Å². The van der Waals surface area contributed by atoms with Gasteiger partial charge in [-0.15, -0.1) is 0 Å². The summed E-state index contributed by atoms with van der Waals surface area (Å²) in [6.45, 7) is 6.64. The SMILES string of the molecule is CCNC(=NCCn1cc(C)cn1)NC1CCCC1. The first-order valence-corrected chi connectivity index (χ1v) is 7.32. The molecule has 2 rings (SSSR count). The Kier molecular flexibility index (Phi) is 5.24. The second-order valence-corrected chi connectivity index (χ2v) is 5.17. The maximum absolute atomic E-state index is 4.62. The fourth-order valence-electron chi connectivity index (χ4n) is 2.44. The highest BCUT2D eigenvalue weighted by molar-refractivity contribution is 5.80. The highest BCUT2D eigenvalue weighted by atomic mass is 15.3. The second-order valence-electron chi connectivity index (χ2n) is 5.17. The molecule has 0 aliphatic heterocycles. The van der Waals surface area contributed by atoms with E-state index in [0.29, 0.717) is 6.04 Å². The summed E-state index contributed by atoms with van der Waals surface area (Å²) in [4.78, 5) is 4.62. The molecule has 0 atom stereocenters. The number of aromatic nitrogens is 2. The molecule has 1 aromatic heterocycles. The van der Waals surface area contributed by atoms with Crippen LogP contribution in [0.3, 0.4) is 0 Å². The highest BCUT2D eigenvalue weighted by Gasteiger charge is 2.15. The number of aliphatic imine (C=N–C) groups is 1. The molecule has 0 amide bonds. The summed E-state index contributed by atoms with van der Waals surface area (Å²) < 4.78 is 1.94. The number of rotatable bonds is 5. The Balaban J connectivity index is 1.81. The van der Waals surface area contributed by atoms with Crippen molar-refractivity contribution >= 4 is 5.96 Å². The Morgan fingerprint density at radius 2 is 2.26 bits per heavy atom. The van der Waals surface area contributed by atoms with Crippen molar-refractivity contribution in [3.05, 3.63) is 18.0 Å². The zero-order chi connectivity index (χ0) is 13.5. The number of nitrogens with zero attached hydrogens (tertiary/aromatic N) is 3. The van der Waals surface area contributed by atoms with E-state index in [-0.39, 0.29) is 0 Å². The summed E-state index contributed by atoms with van der Waals surface area (Å²) in [5.41, 5.74) is 1.19. The molecule has 0 radical (unpaired) electrons. The third-order valence-corrected chi connectivity index (χ3v) is 3.40. The van der Waals surface area contributed by atoms with Crippen LogP contribution in [0.2, 0.25) is 0 Å². The third-order valence-electron chi connectivity index (χ3n) is 3.40. The summed E-state index contributed by atoms with van der Waals surface area (Å²) in [7, 11) is 0. The first-order valence-electron chi connectivity index (χ1n) is 7.32. The van der Waals surface area contributed by atoms with Crippen LogP contribution < -0.4 is 10.6 Å². The smallest absolute Gasteiger partial charge is 0.191 e. The standard InChI is InChI=1S/C14H25N5/c1-3-15-14(18-13-6-4-5-7-13)16-8-9-19-11-12(2)10-17-19/h10-11,13H,3-9H2,1-2H3,(H2,15,16,18). The van der Waals surface area contributed by atoms with Gasteiger partial charge in [-0.2, -0.15) is 5.10 Å². The molecule has 0 aromatic carbocycles. The molecular formula is C14H25N5.